The molecule has 0 aliphatic carbocycles. The second-order valence-corrected chi connectivity index (χ2v) is 4.31. The van der Waals surface area contributed by atoms with E-state index in [9.17, 15) is 0 Å². The molecule has 14 heavy (non-hydrogen) atoms. The van der Waals surface area contributed by atoms with E-state index in [1.54, 1.807) is 16.9 Å². The van der Waals surface area contributed by atoms with Crippen LogP contribution in [0, 0.1) is 0 Å². The van der Waals surface area contributed by atoms with E-state index in [4.69, 9.17) is 4.52 Å². The summed E-state index contributed by atoms with van der Waals surface area (Å²) in [5.41, 5.74) is 0.907. The molecule has 0 aliphatic rings. The van der Waals surface area contributed by atoms with Crippen LogP contribution in [0.4, 0.5) is 0 Å². The lowest BCUT2D eigenvalue weighted by Gasteiger charge is -1.94. The smallest absolute Gasteiger partial charge is 0.158 e. The van der Waals surface area contributed by atoms with Crippen molar-refractivity contribution >= 4 is 15.9 Å². The average Bonchev–Trinajstić information content (AvgIpc) is 2.75. The number of hydrogen-bond acceptors (Lipinski definition) is 4. The fourth-order valence-corrected chi connectivity index (χ4v) is 1.27. The van der Waals surface area contributed by atoms with Gasteiger partial charge >= 0.3 is 0 Å². The number of aromatic nitrogens is 4. The highest BCUT2D eigenvalue weighted by molar-refractivity contribution is 9.09. The van der Waals surface area contributed by atoms with E-state index < -0.39 is 0 Å². The van der Waals surface area contributed by atoms with Gasteiger partial charge in [0.2, 0.25) is 0 Å². The first-order chi connectivity index (χ1) is 6.75. The van der Waals surface area contributed by atoms with Crippen LogP contribution >= 0.6 is 15.9 Å². The highest BCUT2D eigenvalue weighted by Crippen LogP contribution is 2.18. The minimum absolute atomic E-state index is 0.214. The summed E-state index contributed by atoms with van der Waals surface area (Å²) in [5, 5.41) is 11.6. The molecule has 0 fully saturated rings. The Kier molecular flexibility index (Phi) is 2.62. The number of nitrogens with zero attached hydrogens (tertiary/aromatic N) is 4. The van der Waals surface area contributed by atoms with Gasteiger partial charge in [0, 0.05) is 6.07 Å². The molecule has 6 heteroatoms. The van der Waals surface area contributed by atoms with Crippen LogP contribution < -0.4 is 0 Å². The predicted octanol–water partition coefficient (Wildman–Crippen LogP) is 1.77. The van der Waals surface area contributed by atoms with Crippen LogP contribution in [0.5, 0.6) is 0 Å². The van der Waals surface area contributed by atoms with Gasteiger partial charge in [-0.25, -0.2) is 4.68 Å². The summed E-state index contributed by atoms with van der Waals surface area (Å²) in [6, 6.07) is 1.80. The molecule has 0 amide bonds. The second kappa shape index (κ2) is 3.91. The van der Waals surface area contributed by atoms with Crippen LogP contribution in [0.25, 0.3) is 0 Å². The molecule has 0 aromatic carbocycles. The summed E-state index contributed by atoms with van der Waals surface area (Å²) in [4.78, 5) is 0.214. The molecule has 0 saturated heterocycles. The van der Waals surface area contributed by atoms with E-state index in [1.807, 2.05) is 13.1 Å². The number of alkyl halides is 1. The van der Waals surface area contributed by atoms with Crippen LogP contribution in [-0.2, 0) is 6.54 Å². The average molecular weight is 257 g/mol. The van der Waals surface area contributed by atoms with Crippen molar-refractivity contribution in [3.63, 3.8) is 0 Å². The zero-order valence-electron chi connectivity index (χ0n) is 7.59. The fourth-order valence-electron chi connectivity index (χ4n) is 1.06. The molecule has 5 nitrogen and oxygen atoms in total. The standard InChI is InChI=1S/C8H9BrN4O/c1-6(9)8-5-13(12-11-8)4-7-2-3-10-14-7/h2-3,5-6H,4H2,1H3. The van der Waals surface area contributed by atoms with Gasteiger partial charge in [0.15, 0.2) is 5.76 Å². The summed E-state index contributed by atoms with van der Waals surface area (Å²) in [6.07, 6.45) is 3.49. The highest BCUT2D eigenvalue weighted by atomic mass is 79.9. The Bertz CT molecular complexity index is 395. The fraction of sp³-hybridized carbons (Fsp3) is 0.375. The van der Waals surface area contributed by atoms with Gasteiger partial charge in [-0.2, -0.15) is 0 Å². The topological polar surface area (TPSA) is 56.7 Å². The molecule has 1 atom stereocenters. The van der Waals surface area contributed by atoms with Gasteiger partial charge in [0.25, 0.3) is 0 Å². The zero-order valence-corrected chi connectivity index (χ0v) is 9.18. The van der Waals surface area contributed by atoms with E-state index >= 15 is 0 Å². The summed E-state index contributed by atoms with van der Waals surface area (Å²) >= 11 is 3.42. The minimum atomic E-state index is 0.214. The summed E-state index contributed by atoms with van der Waals surface area (Å²) < 4.78 is 6.67. The minimum Gasteiger partial charge on any atom is -0.359 e. The maximum absolute atomic E-state index is 4.96. The largest absolute Gasteiger partial charge is 0.359 e. The normalized spacial score (nSPS) is 13.0. The molecule has 0 saturated carbocycles. The van der Waals surface area contributed by atoms with Crippen LogP contribution in [0.2, 0.25) is 0 Å². The summed E-state index contributed by atoms with van der Waals surface area (Å²) in [6.45, 7) is 2.57. The maximum atomic E-state index is 4.96. The van der Waals surface area contributed by atoms with Gasteiger partial charge in [-0.3, -0.25) is 0 Å². The molecule has 1 unspecified atom stereocenters. The van der Waals surface area contributed by atoms with Crippen molar-refractivity contribution in [3.05, 3.63) is 29.9 Å². The molecule has 2 heterocycles. The Morgan fingerprint density at radius 3 is 3.07 bits per heavy atom. The number of hydrogen-bond donors (Lipinski definition) is 0. The monoisotopic (exact) mass is 256 g/mol. The SMILES string of the molecule is CC(Br)c1cn(Cc2ccno2)nn1. The van der Waals surface area contributed by atoms with Gasteiger partial charge < -0.3 is 4.52 Å². The van der Waals surface area contributed by atoms with E-state index in [-0.39, 0.29) is 4.83 Å². The van der Waals surface area contributed by atoms with Crippen LogP contribution in [0.1, 0.15) is 23.2 Å². The van der Waals surface area contributed by atoms with Crippen molar-refractivity contribution in [3.8, 4) is 0 Å². The van der Waals surface area contributed by atoms with E-state index in [1.165, 1.54) is 0 Å². The Morgan fingerprint density at radius 1 is 1.64 bits per heavy atom. The maximum Gasteiger partial charge on any atom is 0.158 e. The molecule has 0 spiro atoms. The molecule has 0 bridgehead atoms. The quantitative estimate of drug-likeness (QED) is 0.786. The van der Waals surface area contributed by atoms with Gasteiger partial charge in [-0.05, 0) is 6.92 Å². The third kappa shape index (κ3) is 2.01. The predicted molar refractivity (Wildman–Crippen MR) is 53.0 cm³/mol. The van der Waals surface area contributed by atoms with Crippen molar-refractivity contribution in [1.29, 1.82) is 0 Å². The summed E-state index contributed by atoms with van der Waals surface area (Å²) in [7, 11) is 0. The van der Waals surface area contributed by atoms with Gasteiger partial charge in [-0.1, -0.05) is 26.3 Å². The Hall–Kier alpha value is -1.17. The molecule has 0 aliphatic heterocycles. The lowest BCUT2D eigenvalue weighted by molar-refractivity contribution is 0.370. The van der Waals surface area contributed by atoms with Crippen molar-refractivity contribution in [1.82, 2.24) is 20.2 Å². The van der Waals surface area contributed by atoms with Crippen molar-refractivity contribution < 1.29 is 4.52 Å². The third-order valence-electron chi connectivity index (χ3n) is 1.77. The number of halogens is 1. The lowest BCUT2D eigenvalue weighted by Crippen LogP contribution is -1.98. The molecule has 0 radical (unpaired) electrons. The summed E-state index contributed by atoms with van der Waals surface area (Å²) in [5.74, 6) is 0.767. The van der Waals surface area contributed by atoms with Crippen molar-refractivity contribution in [2.45, 2.75) is 18.3 Å². The van der Waals surface area contributed by atoms with E-state index in [0.29, 0.717) is 6.54 Å². The molecular formula is C8H9BrN4O. The Morgan fingerprint density at radius 2 is 2.50 bits per heavy atom. The first-order valence-corrected chi connectivity index (χ1v) is 5.11. The molecule has 2 rings (SSSR count). The van der Waals surface area contributed by atoms with Gasteiger partial charge in [-0.15, -0.1) is 5.10 Å². The third-order valence-corrected chi connectivity index (χ3v) is 2.24. The van der Waals surface area contributed by atoms with Crippen molar-refractivity contribution in [2.75, 3.05) is 0 Å². The van der Waals surface area contributed by atoms with Crippen LogP contribution in [0.15, 0.2) is 23.0 Å². The zero-order chi connectivity index (χ0) is 9.97. The van der Waals surface area contributed by atoms with Crippen LogP contribution in [-0.4, -0.2) is 20.2 Å². The van der Waals surface area contributed by atoms with Gasteiger partial charge in [0.1, 0.15) is 6.54 Å². The molecule has 2 aromatic rings. The molecule has 2 aromatic heterocycles. The first-order valence-electron chi connectivity index (χ1n) is 4.19. The molecule has 0 N–H and O–H groups in total. The second-order valence-electron chi connectivity index (χ2n) is 2.94. The highest BCUT2D eigenvalue weighted by Gasteiger charge is 2.07. The first kappa shape index (κ1) is 9.39. The lowest BCUT2D eigenvalue weighted by atomic mass is 10.4. The van der Waals surface area contributed by atoms with Crippen molar-refractivity contribution in [2.24, 2.45) is 0 Å². The van der Waals surface area contributed by atoms with E-state index in [2.05, 4.69) is 31.4 Å². The molecular weight excluding hydrogens is 248 g/mol. The van der Waals surface area contributed by atoms with Gasteiger partial charge in [0.05, 0.1) is 22.9 Å². The Balaban J connectivity index is 2.11. The van der Waals surface area contributed by atoms with E-state index in [0.717, 1.165) is 11.5 Å². The molecule has 74 valence electrons. The number of rotatable bonds is 3. The van der Waals surface area contributed by atoms with Crippen LogP contribution in [0.3, 0.4) is 0 Å². The Labute approximate surface area is 89.2 Å².